The number of nitrogens with zero attached hydrogens (tertiary/aromatic N) is 1. The fourth-order valence-corrected chi connectivity index (χ4v) is 2.84. The predicted molar refractivity (Wildman–Crippen MR) is 86.1 cm³/mol. The number of hydrogen-bond acceptors (Lipinski definition) is 4. The average molecular weight is 298 g/mol. The molecule has 1 fully saturated rings. The van der Waals surface area contributed by atoms with E-state index in [1.807, 2.05) is 24.5 Å². The number of nitrogens with one attached hydrogen (secondary N) is 1. The van der Waals surface area contributed by atoms with Gasteiger partial charge in [-0.1, -0.05) is 12.1 Å². The molecule has 116 valence electrons. The lowest BCUT2D eigenvalue weighted by atomic mass is 9.97. The summed E-state index contributed by atoms with van der Waals surface area (Å²) in [7, 11) is 1.69. The maximum absolute atomic E-state index is 5.46. The predicted octanol–water partition coefficient (Wildman–Crippen LogP) is 2.95. The SMILES string of the molecule is COc1ccc([C@@H](NC2CCOCC2)c2ccncc2)cc1. The monoisotopic (exact) mass is 298 g/mol. The zero-order valence-corrected chi connectivity index (χ0v) is 12.9. The number of ether oxygens (including phenoxy) is 2. The number of aromatic nitrogens is 1. The van der Waals surface area contributed by atoms with Gasteiger partial charge in [-0.05, 0) is 48.2 Å². The van der Waals surface area contributed by atoms with Crippen molar-refractivity contribution >= 4 is 0 Å². The third-order valence-electron chi connectivity index (χ3n) is 4.11. The second-order valence-corrected chi connectivity index (χ2v) is 5.54. The van der Waals surface area contributed by atoms with Gasteiger partial charge in [0, 0.05) is 31.6 Å². The summed E-state index contributed by atoms with van der Waals surface area (Å²) in [5.41, 5.74) is 2.46. The van der Waals surface area contributed by atoms with Gasteiger partial charge in [-0.25, -0.2) is 0 Å². The molecule has 0 saturated carbocycles. The molecule has 4 heteroatoms. The smallest absolute Gasteiger partial charge is 0.118 e. The molecule has 1 saturated heterocycles. The number of pyridine rings is 1. The Morgan fingerprint density at radius 2 is 1.68 bits per heavy atom. The van der Waals surface area contributed by atoms with Crippen molar-refractivity contribution in [2.45, 2.75) is 24.9 Å². The van der Waals surface area contributed by atoms with Gasteiger partial charge < -0.3 is 14.8 Å². The van der Waals surface area contributed by atoms with Crippen molar-refractivity contribution in [3.8, 4) is 5.75 Å². The Morgan fingerprint density at radius 1 is 1.05 bits per heavy atom. The first-order valence-electron chi connectivity index (χ1n) is 7.74. The Balaban J connectivity index is 1.84. The van der Waals surface area contributed by atoms with Gasteiger partial charge in [0.2, 0.25) is 0 Å². The molecule has 1 N–H and O–H groups in total. The highest BCUT2D eigenvalue weighted by Crippen LogP contribution is 2.25. The summed E-state index contributed by atoms with van der Waals surface area (Å²) in [4.78, 5) is 4.13. The van der Waals surface area contributed by atoms with Crippen LogP contribution in [0.5, 0.6) is 5.75 Å². The van der Waals surface area contributed by atoms with E-state index in [2.05, 4.69) is 34.6 Å². The first-order valence-corrected chi connectivity index (χ1v) is 7.74. The van der Waals surface area contributed by atoms with Gasteiger partial charge in [0.05, 0.1) is 13.2 Å². The molecule has 1 aliphatic rings. The normalized spacial score (nSPS) is 17.1. The summed E-state index contributed by atoms with van der Waals surface area (Å²) >= 11 is 0. The van der Waals surface area contributed by atoms with Crippen molar-refractivity contribution in [2.75, 3.05) is 20.3 Å². The molecule has 0 spiro atoms. The Hall–Kier alpha value is -1.91. The van der Waals surface area contributed by atoms with Crippen molar-refractivity contribution in [1.29, 1.82) is 0 Å². The number of benzene rings is 1. The Kier molecular flexibility index (Phi) is 5.03. The maximum atomic E-state index is 5.46. The van der Waals surface area contributed by atoms with E-state index in [-0.39, 0.29) is 6.04 Å². The summed E-state index contributed by atoms with van der Waals surface area (Å²) in [5, 5.41) is 3.78. The second kappa shape index (κ2) is 7.38. The van der Waals surface area contributed by atoms with Gasteiger partial charge in [0.25, 0.3) is 0 Å². The zero-order chi connectivity index (χ0) is 15.2. The van der Waals surface area contributed by atoms with Crippen LogP contribution in [0.1, 0.15) is 30.0 Å². The van der Waals surface area contributed by atoms with Gasteiger partial charge in [0.15, 0.2) is 0 Å². The summed E-state index contributed by atoms with van der Waals surface area (Å²) in [6.07, 6.45) is 5.80. The van der Waals surface area contributed by atoms with E-state index in [1.54, 1.807) is 7.11 Å². The van der Waals surface area contributed by atoms with Crippen molar-refractivity contribution < 1.29 is 9.47 Å². The van der Waals surface area contributed by atoms with Crippen LogP contribution in [-0.4, -0.2) is 31.3 Å². The molecule has 0 amide bonds. The molecule has 1 aromatic heterocycles. The lowest BCUT2D eigenvalue weighted by Crippen LogP contribution is -2.37. The minimum atomic E-state index is 0.164. The number of methoxy groups -OCH3 is 1. The van der Waals surface area contributed by atoms with Crippen LogP contribution in [-0.2, 0) is 4.74 Å². The zero-order valence-electron chi connectivity index (χ0n) is 12.9. The molecule has 22 heavy (non-hydrogen) atoms. The first-order chi connectivity index (χ1) is 10.9. The summed E-state index contributed by atoms with van der Waals surface area (Å²) in [6, 6.07) is 13.0. The molecule has 0 aliphatic carbocycles. The fraction of sp³-hybridized carbons (Fsp3) is 0.389. The molecule has 0 radical (unpaired) electrons. The molecule has 0 bridgehead atoms. The Bertz CT molecular complexity index is 565. The van der Waals surface area contributed by atoms with Crippen LogP contribution < -0.4 is 10.1 Å². The van der Waals surface area contributed by atoms with E-state index in [1.165, 1.54) is 11.1 Å². The van der Waals surface area contributed by atoms with Crippen LogP contribution in [0.4, 0.5) is 0 Å². The molecule has 2 aromatic rings. The second-order valence-electron chi connectivity index (χ2n) is 5.54. The van der Waals surface area contributed by atoms with Gasteiger partial charge in [-0.3, -0.25) is 4.98 Å². The molecule has 0 unspecified atom stereocenters. The van der Waals surface area contributed by atoms with Gasteiger partial charge in [-0.2, -0.15) is 0 Å². The van der Waals surface area contributed by atoms with Gasteiger partial charge >= 0.3 is 0 Å². The lowest BCUT2D eigenvalue weighted by molar-refractivity contribution is 0.0760. The van der Waals surface area contributed by atoms with Crippen LogP contribution in [0, 0.1) is 0 Å². The Morgan fingerprint density at radius 3 is 2.32 bits per heavy atom. The van der Waals surface area contributed by atoms with Crippen LogP contribution in [0.3, 0.4) is 0 Å². The van der Waals surface area contributed by atoms with Gasteiger partial charge in [-0.15, -0.1) is 0 Å². The molecule has 3 rings (SSSR count). The van der Waals surface area contributed by atoms with Crippen LogP contribution in [0.25, 0.3) is 0 Å². The van der Waals surface area contributed by atoms with Crippen molar-refractivity contribution in [3.05, 3.63) is 59.9 Å². The quantitative estimate of drug-likeness (QED) is 0.921. The topological polar surface area (TPSA) is 43.4 Å². The minimum Gasteiger partial charge on any atom is -0.497 e. The van der Waals surface area contributed by atoms with E-state index < -0.39 is 0 Å². The third kappa shape index (κ3) is 3.64. The number of rotatable bonds is 5. The highest BCUT2D eigenvalue weighted by Gasteiger charge is 2.20. The highest BCUT2D eigenvalue weighted by atomic mass is 16.5. The molecule has 4 nitrogen and oxygen atoms in total. The van der Waals surface area contributed by atoms with Crippen LogP contribution >= 0.6 is 0 Å². The standard InChI is InChI=1S/C18H22N2O2/c1-21-17-4-2-14(3-5-17)18(15-6-10-19-11-7-15)20-16-8-12-22-13-9-16/h2-7,10-11,16,18,20H,8-9,12-13H2,1H3/t18-/m1/s1. The molecular weight excluding hydrogens is 276 g/mol. The largest absolute Gasteiger partial charge is 0.497 e. The van der Waals surface area contributed by atoms with Crippen molar-refractivity contribution in [3.63, 3.8) is 0 Å². The van der Waals surface area contributed by atoms with E-state index >= 15 is 0 Å². The van der Waals surface area contributed by atoms with E-state index in [4.69, 9.17) is 9.47 Å². The molecule has 1 aliphatic heterocycles. The average Bonchev–Trinajstić information content (AvgIpc) is 2.61. The molecular formula is C18H22N2O2. The molecule has 1 aromatic carbocycles. The maximum Gasteiger partial charge on any atom is 0.118 e. The van der Waals surface area contributed by atoms with Gasteiger partial charge in [0.1, 0.15) is 5.75 Å². The summed E-state index contributed by atoms with van der Waals surface area (Å²) in [5.74, 6) is 0.878. The van der Waals surface area contributed by atoms with E-state index in [0.29, 0.717) is 6.04 Å². The van der Waals surface area contributed by atoms with Crippen LogP contribution in [0.15, 0.2) is 48.8 Å². The third-order valence-corrected chi connectivity index (χ3v) is 4.11. The highest BCUT2D eigenvalue weighted by molar-refractivity contribution is 5.35. The Labute approximate surface area is 131 Å². The fourth-order valence-electron chi connectivity index (χ4n) is 2.84. The van der Waals surface area contributed by atoms with E-state index in [9.17, 15) is 0 Å². The minimum absolute atomic E-state index is 0.164. The van der Waals surface area contributed by atoms with E-state index in [0.717, 1.165) is 31.8 Å². The molecule has 2 heterocycles. The summed E-state index contributed by atoms with van der Waals surface area (Å²) < 4.78 is 10.7. The summed E-state index contributed by atoms with van der Waals surface area (Å²) in [6.45, 7) is 1.67. The van der Waals surface area contributed by atoms with Crippen molar-refractivity contribution in [2.24, 2.45) is 0 Å². The first kappa shape index (κ1) is 15.0. The van der Waals surface area contributed by atoms with Crippen LogP contribution in [0.2, 0.25) is 0 Å². The molecule has 1 atom stereocenters. The number of hydrogen-bond donors (Lipinski definition) is 1. The van der Waals surface area contributed by atoms with Crippen molar-refractivity contribution in [1.82, 2.24) is 10.3 Å². The lowest BCUT2D eigenvalue weighted by Gasteiger charge is -2.29.